The summed E-state index contributed by atoms with van der Waals surface area (Å²) in [6.07, 6.45) is 0. The highest BCUT2D eigenvalue weighted by Crippen LogP contribution is 2.30. The first kappa shape index (κ1) is 24.6. The molecule has 3 aromatic carbocycles. The second kappa shape index (κ2) is 9.59. The third-order valence-corrected chi connectivity index (χ3v) is 6.00. The molecule has 0 saturated carbocycles. The number of fused-ring (bicyclic) bond motifs is 1. The van der Waals surface area contributed by atoms with Gasteiger partial charge in [-0.15, -0.1) is 5.10 Å². The summed E-state index contributed by atoms with van der Waals surface area (Å²) in [6.45, 7) is 0.532. The van der Waals surface area contributed by atoms with Crippen molar-refractivity contribution in [2.45, 2.75) is 19.2 Å². The molecule has 1 aromatic heterocycles. The number of rotatable bonds is 7. The van der Waals surface area contributed by atoms with Crippen LogP contribution in [0.25, 0.3) is 22.2 Å². The molecule has 0 bridgehead atoms. The molecule has 35 heavy (non-hydrogen) atoms. The van der Waals surface area contributed by atoms with Gasteiger partial charge in [0.1, 0.15) is 11.3 Å². The molecule has 1 unspecified atom stereocenters. The molecule has 180 valence electrons. The Hall–Kier alpha value is -3.57. The lowest BCUT2D eigenvalue weighted by molar-refractivity contribution is -0.185. The number of halogens is 3. The van der Waals surface area contributed by atoms with Gasteiger partial charge in [0.25, 0.3) is 5.91 Å². The van der Waals surface area contributed by atoms with Gasteiger partial charge in [-0.2, -0.15) is 5.01 Å². The zero-order chi connectivity index (χ0) is 25.3. The summed E-state index contributed by atoms with van der Waals surface area (Å²) in [6, 6.07) is 14.0. The number of benzene rings is 3. The van der Waals surface area contributed by atoms with E-state index >= 15 is 0 Å². The Kier molecular flexibility index (Phi) is 6.73. The molecule has 0 saturated heterocycles. The van der Waals surface area contributed by atoms with Crippen LogP contribution in [0.15, 0.2) is 54.6 Å². The predicted molar refractivity (Wildman–Crippen MR) is 127 cm³/mol. The van der Waals surface area contributed by atoms with Gasteiger partial charge < -0.3 is 10.2 Å². The molecule has 9 nitrogen and oxygen atoms in total. The molecule has 0 spiro atoms. The van der Waals surface area contributed by atoms with Gasteiger partial charge in [-0.3, -0.25) is 15.3 Å². The van der Waals surface area contributed by atoms with Crippen LogP contribution in [0.2, 0.25) is 10.0 Å². The Labute approximate surface area is 208 Å². The Morgan fingerprint density at radius 2 is 1.86 bits per heavy atom. The lowest BCUT2D eigenvalue weighted by Crippen LogP contribution is -2.59. The van der Waals surface area contributed by atoms with E-state index in [1.54, 1.807) is 30.3 Å². The molecule has 0 aliphatic heterocycles. The number of aliphatic carboxylic acids is 1. The third kappa shape index (κ3) is 4.96. The number of hydrazine groups is 1. The minimum Gasteiger partial charge on any atom is -0.478 e. The van der Waals surface area contributed by atoms with Crippen molar-refractivity contribution in [1.29, 1.82) is 0 Å². The molecule has 1 heterocycles. The third-order valence-electron chi connectivity index (χ3n) is 5.36. The van der Waals surface area contributed by atoms with E-state index in [-0.39, 0.29) is 26.7 Å². The molecule has 4 aromatic rings. The van der Waals surface area contributed by atoms with Crippen LogP contribution in [0.1, 0.15) is 22.8 Å². The molecule has 0 aliphatic rings. The number of carboxylic acid groups (broad SMARTS) is 1. The molecular weight excluding hydrogens is 500 g/mol. The zero-order valence-corrected chi connectivity index (χ0v) is 19.6. The number of nitrogens with one attached hydrogen (secondary N) is 2. The fraction of sp³-hybridized carbons (Fsp3) is 0.130. The fourth-order valence-electron chi connectivity index (χ4n) is 3.37. The first-order valence-electron chi connectivity index (χ1n) is 10.2. The van der Waals surface area contributed by atoms with Gasteiger partial charge in [0.2, 0.25) is 5.72 Å². The maximum Gasteiger partial charge on any atom is 0.352 e. The normalized spacial score (nSPS) is 13.1. The summed E-state index contributed by atoms with van der Waals surface area (Å²) in [5, 5.41) is 31.2. The number of aliphatic hydroxyl groups is 1. The second-order valence-electron chi connectivity index (χ2n) is 7.81. The monoisotopic (exact) mass is 517 g/mol. The number of carbonyl (C=O) groups excluding carboxylic acids is 1. The van der Waals surface area contributed by atoms with Gasteiger partial charge in [-0.05, 0) is 42.3 Å². The van der Waals surface area contributed by atoms with Crippen LogP contribution in [0.4, 0.5) is 4.39 Å². The van der Waals surface area contributed by atoms with Gasteiger partial charge in [0, 0.05) is 22.7 Å². The molecular formula is C23H18Cl2FN5O4. The number of amides is 1. The van der Waals surface area contributed by atoms with Crippen molar-refractivity contribution in [3.63, 3.8) is 0 Å². The molecule has 1 amide bonds. The number of carboxylic acids is 1. The first-order chi connectivity index (χ1) is 16.6. The largest absolute Gasteiger partial charge is 0.478 e. The number of hydrogen-bond acceptors (Lipinski definition) is 6. The van der Waals surface area contributed by atoms with Crippen LogP contribution in [-0.4, -0.2) is 48.2 Å². The van der Waals surface area contributed by atoms with Crippen LogP contribution in [-0.2, 0) is 11.3 Å². The summed E-state index contributed by atoms with van der Waals surface area (Å²) in [5.74, 6) is -3.05. The van der Waals surface area contributed by atoms with Crippen LogP contribution < -0.4 is 5.43 Å². The molecule has 12 heteroatoms. The minimum atomic E-state index is -2.57. The lowest BCUT2D eigenvalue weighted by atomic mass is 10.0. The Bertz CT molecular complexity index is 1430. The summed E-state index contributed by atoms with van der Waals surface area (Å²) in [4.78, 5) is 24.7. The number of H-pyrrole nitrogens is 1. The Balaban J connectivity index is 1.66. The van der Waals surface area contributed by atoms with E-state index in [0.29, 0.717) is 16.6 Å². The summed E-state index contributed by atoms with van der Waals surface area (Å²) in [5.41, 5.74) is 1.52. The highest BCUT2D eigenvalue weighted by molar-refractivity contribution is 6.35. The van der Waals surface area contributed by atoms with Gasteiger partial charge in [-0.25, -0.2) is 9.18 Å². The van der Waals surface area contributed by atoms with E-state index < -0.39 is 30.0 Å². The van der Waals surface area contributed by atoms with Crippen LogP contribution in [0.3, 0.4) is 0 Å². The number of carbonyl (C=O) groups is 2. The van der Waals surface area contributed by atoms with Crippen molar-refractivity contribution in [1.82, 2.24) is 25.8 Å². The van der Waals surface area contributed by atoms with Gasteiger partial charge in [-0.1, -0.05) is 58.7 Å². The van der Waals surface area contributed by atoms with Gasteiger partial charge in [0.05, 0.1) is 10.5 Å². The van der Waals surface area contributed by atoms with E-state index in [1.165, 1.54) is 18.2 Å². The van der Waals surface area contributed by atoms with Crippen molar-refractivity contribution < 1.29 is 24.2 Å². The van der Waals surface area contributed by atoms with E-state index in [4.69, 9.17) is 23.2 Å². The summed E-state index contributed by atoms with van der Waals surface area (Å²) in [7, 11) is 0. The average Bonchev–Trinajstić information content (AvgIpc) is 3.30. The molecule has 0 aliphatic carbocycles. The van der Waals surface area contributed by atoms with Crippen molar-refractivity contribution in [2.24, 2.45) is 0 Å². The minimum absolute atomic E-state index is 0.0384. The molecule has 1 atom stereocenters. The van der Waals surface area contributed by atoms with Gasteiger partial charge >= 0.3 is 5.97 Å². The average molecular weight is 518 g/mol. The lowest BCUT2D eigenvalue weighted by Gasteiger charge is -2.33. The van der Waals surface area contributed by atoms with E-state index in [9.17, 15) is 24.2 Å². The first-order valence-corrected chi connectivity index (χ1v) is 10.9. The topological polar surface area (TPSA) is 131 Å². The standard InChI is InChI=1S/C23H18Cl2FN5O4/c1-23(35,22(33)34)31(29-21(32)13-7-17(25)20-19(9-13)27-30-28-20)11-14-8-18(26)15(10-16(14)24)12-5-3-2-4-6-12/h2-10,35H,11H2,1H3,(H,29,32)(H,33,34)(H,27,28,30). The number of aromatic amines is 1. The SMILES string of the molecule is CC(O)(C(=O)O)N(Cc1cc(F)c(-c2ccccc2)cc1Cl)NC(=O)c1cc(Cl)c2nn[nH]c2c1. The van der Waals surface area contributed by atoms with E-state index in [0.717, 1.165) is 18.0 Å². The fourth-order valence-corrected chi connectivity index (χ4v) is 3.85. The smallest absolute Gasteiger partial charge is 0.352 e. The van der Waals surface area contributed by atoms with Crippen molar-refractivity contribution in [3.05, 3.63) is 81.6 Å². The maximum absolute atomic E-state index is 14.9. The maximum atomic E-state index is 14.9. The molecule has 0 fully saturated rings. The van der Waals surface area contributed by atoms with Crippen molar-refractivity contribution in [3.8, 4) is 11.1 Å². The quantitative estimate of drug-likeness (QED) is 0.215. The van der Waals surface area contributed by atoms with Crippen LogP contribution in [0, 0.1) is 5.82 Å². The van der Waals surface area contributed by atoms with Crippen LogP contribution >= 0.6 is 23.2 Å². The van der Waals surface area contributed by atoms with Crippen LogP contribution in [0.5, 0.6) is 0 Å². The van der Waals surface area contributed by atoms with E-state index in [2.05, 4.69) is 20.8 Å². The molecule has 4 rings (SSSR count). The highest BCUT2D eigenvalue weighted by Gasteiger charge is 2.39. The predicted octanol–water partition coefficient (Wildman–Crippen LogP) is 4.01. The number of nitrogens with zero attached hydrogens (tertiary/aromatic N) is 3. The zero-order valence-electron chi connectivity index (χ0n) is 18.1. The number of aromatic nitrogens is 3. The summed E-state index contributed by atoms with van der Waals surface area (Å²) < 4.78 is 14.9. The van der Waals surface area contributed by atoms with Crippen molar-refractivity contribution in [2.75, 3.05) is 0 Å². The number of hydrogen-bond donors (Lipinski definition) is 4. The van der Waals surface area contributed by atoms with E-state index in [1.807, 2.05) is 0 Å². The Morgan fingerprint density at radius 1 is 1.14 bits per heavy atom. The Morgan fingerprint density at radius 3 is 2.54 bits per heavy atom. The van der Waals surface area contributed by atoms with Crippen molar-refractivity contribution >= 4 is 46.1 Å². The summed E-state index contributed by atoms with van der Waals surface area (Å²) >= 11 is 12.5. The second-order valence-corrected chi connectivity index (χ2v) is 8.62. The molecule has 4 N–H and O–H groups in total. The highest BCUT2D eigenvalue weighted by atomic mass is 35.5. The van der Waals surface area contributed by atoms with Gasteiger partial charge in [0.15, 0.2) is 0 Å². The molecule has 0 radical (unpaired) electrons.